The molecule has 0 bridgehead atoms. The van der Waals surface area contributed by atoms with E-state index in [0.29, 0.717) is 11.9 Å². The van der Waals surface area contributed by atoms with Crippen molar-refractivity contribution in [3.8, 4) is 0 Å². The molecular weight excluding hydrogens is 266 g/mol. The zero-order chi connectivity index (χ0) is 15.0. The van der Waals surface area contributed by atoms with Gasteiger partial charge < -0.3 is 5.43 Å². The molecule has 0 atom stereocenters. The number of hydrogen-bond donors (Lipinski definition) is 2. The van der Waals surface area contributed by atoms with Gasteiger partial charge in [0.15, 0.2) is 11.5 Å². The van der Waals surface area contributed by atoms with Gasteiger partial charge in [-0.3, -0.25) is 9.58 Å². The van der Waals surface area contributed by atoms with Gasteiger partial charge >= 0.3 is 0 Å². The molecule has 1 fully saturated rings. The van der Waals surface area contributed by atoms with E-state index >= 15 is 0 Å². The van der Waals surface area contributed by atoms with Crippen molar-refractivity contribution in [2.75, 3.05) is 12.0 Å². The Morgan fingerprint density at radius 2 is 2.19 bits per heavy atom. The van der Waals surface area contributed by atoms with Crippen LogP contribution in [0.4, 0.5) is 5.82 Å². The summed E-state index contributed by atoms with van der Waals surface area (Å²) in [6.45, 7) is 6.29. The highest BCUT2D eigenvalue weighted by molar-refractivity contribution is 5.86. The molecule has 1 aliphatic carbocycles. The highest BCUT2D eigenvalue weighted by Crippen LogP contribution is 2.30. The molecule has 2 aromatic heterocycles. The summed E-state index contributed by atoms with van der Waals surface area (Å²) < 4.78 is 1.75. The molecule has 0 radical (unpaired) electrons. The Bertz CT molecular complexity index is 630. The van der Waals surface area contributed by atoms with Gasteiger partial charge in [-0.15, -0.1) is 0 Å². The Kier molecular flexibility index (Phi) is 3.77. The van der Waals surface area contributed by atoms with Gasteiger partial charge in [0.2, 0.25) is 0 Å². The molecule has 114 valence electrons. The third-order valence-corrected chi connectivity index (χ3v) is 4.04. The molecular formula is C14H23N7. The fourth-order valence-corrected chi connectivity index (χ4v) is 2.52. The number of fused-ring (bicyclic) bond motifs is 1. The van der Waals surface area contributed by atoms with Crippen LogP contribution < -0.4 is 11.3 Å². The van der Waals surface area contributed by atoms with E-state index in [1.54, 1.807) is 10.9 Å². The van der Waals surface area contributed by atoms with Gasteiger partial charge in [0.1, 0.15) is 5.82 Å². The molecule has 2 heterocycles. The summed E-state index contributed by atoms with van der Waals surface area (Å²) in [5.74, 6) is 7.85. The van der Waals surface area contributed by atoms with Crippen molar-refractivity contribution in [2.45, 2.75) is 39.3 Å². The van der Waals surface area contributed by atoms with Crippen molar-refractivity contribution in [1.82, 2.24) is 24.6 Å². The van der Waals surface area contributed by atoms with Crippen LogP contribution in [0.2, 0.25) is 0 Å². The van der Waals surface area contributed by atoms with Crippen molar-refractivity contribution < 1.29 is 0 Å². The Balaban J connectivity index is 1.89. The SMILES string of the molecule is CC(C)N(Cc1nc(NN)c2cnn(C)c2n1)CC1CC1. The average Bonchev–Trinajstić information content (AvgIpc) is 3.20. The molecule has 2 aromatic rings. The van der Waals surface area contributed by atoms with Crippen LogP contribution in [0, 0.1) is 5.92 Å². The minimum Gasteiger partial charge on any atom is -0.308 e. The number of aryl methyl sites for hydroxylation is 1. The molecule has 0 spiro atoms. The van der Waals surface area contributed by atoms with Crippen LogP contribution in [0.1, 0.15) is 32.5 Å². The van der Waals surface area contributed by atoms with Crippen LogP contribution >= 0.6 is 0 Å². The average molecular weight is 289 g/mol. The van der Waals surface area contributed by atoms with Crippen molar-refractivity contribution in [2.24, 2.45) is 18.8 Å². The maximum absolute atomic E-state index is 5.58. The molecule has 0 aromatic carbocycles. The highest BCUT2D eigenvalue weighted by Gasteiger charge is 2.26. The Labute approximate surface area is 124 Å². The summed E-state index contributed by atoms with van der Waals surface area (Å²) in [6, 6.07) is 0.478. The first-order valence-corrected chi connectivity index (χ1v) is 7.47. The number of nitrogens with two attached hydrogens (primary N) is 1. The van der Waals surface area contributed by atoms with Gasteiger partial charge in [0.25, 0.3) is 0 Å². The Hall–Kier alpha value is -1.73. The number of nitrogens with one attached hydrogen (secondary N) is 1. The van der Waals surface area contributed by atoms with Gasteiger partial charge in [-0.05, 0) is 32.6 Å². The molecule has 1 aliphatic rings. The van der Waals surface area contributed by atoms with Crippen LogP contribution in [0.15, 0.2) is 6.20 Å². The van der Waals surface area contributed by atoms with Crippen LogP contribution in [-0.4, -0.2) is 37.2 Å². The molecule has 7 nitrogen and oxygen atoms in total. The van der Waals surface area contributed by atoms with Gasteiger partial charge in [-0.2, -0.15) is 5.10 Å². The second-order valence-corrected chi connectivity index (χ2v) is 6.10. The van der Waals surface area contributed by atoms with E-state index in [1.807, 2.05) is 7.05 Å². The lowest BCUT2D eigenvalue weighted by atomic mass is 10.2. The summed E-state index contributed by atoms with van der Waals surface area (Å²) in [6.07, 6.45) is 4.43. The number of nitrogens with zero attached hydrogens (tertiary/aromatic N) is 5. The number of anilines is 1. The quantitative estimate of drug-likeness (QED) is 0.615. The van der Waals surface area contributed by atoms with E-state index in [0.717, 1.165) is 35.9 Å². The topological polar surface area (TPSA) is 84.9 Å². The first kappa shape index (κ1) is 14.2. The van der Waals surface area contributed by atoms with E-state index in [4.69, 9.17) is 5.84 Å². The molecule has 21 heavy (non-hydrogen) atoms. The number of hydrogen-bond acceptors (Lipinski definition) is 6. The van der Waals surface area contributed by atoms with Crippen molar-refractivity contribution in [3.63, 3.8) is 0 Å². The van der Waals surface area contributed by atoms with E-state index in [-0.39, 0.29) is 0 Å². The maximum atomic E-state index is 5.58. The van der Waals surface area contributed by atoms with Gasteiger partial charge in [0.05, 0.1) is 18.1 Å². The normalized spacial score (nSPS) is 15.3. The first-order chi connectivity index (χ1) is 10.1. The third-order valence-electron chi connectivity index (χ3n) is 4.04. The fourth-order valence-electron chi connectivity index (χ4n) is 2.52. The lowest BCUT2D eigenvalue weighted by molar-refractivity contribution is 0.199. The third kappa shape index (κ3) is 2.98. The molecule has 0 aliphatic heterocycles. The second kappa shape index (κ2) is 5.57. The molecule has 7 heteroatoms. The minimum absolute atomic E-state index is 0.478. The predicted molar refractivity (Wildman–Crippen MR) is 82.4 cm³/mol. The summed E-state index contributed by atoms with van der Waals surface area (Å²) in [7, 11) is 1.88. The van der Waals surface area contributed by atoms with Crippen molar-refractivity contribution in [1.29, 1.82) is 0 Å². The number of rotatable bonds is 6. The van der Waals surface area contributed by atoms with E-state index in [2.05, 4.69) is 39.2 Å². The Morgan fingerprint density at radius 1 is 1.43 bits per heavy atom. The molecule has 3 rings (SSSR count). The Morgan fingerprint density at radius 3 is 2.81 bits per heavy atom. The summed E-state index contributed by atoms with van der Waals surface area (Å²) in [5.41, 5.74) is 3.46. The monoisotopic (exact) mass is 289 g/mol. The number of aromatic nitrogens is 4. The summed E-state index contributed by atoms with van der Waals surface area (Å²) >= 11 is 0. The van der Waals surface area contributed by atoms with Gasteiger partial charge in [-0.25, -0.2) is 15.8 Å². The summed E-state index contributed by atoms with van der Waals surface area (Å²) in [5, 5.41) is 5.07. The van der Waals surface area contributed by atoms with Crippen LogP contribution in [0.3, 0.4) is 0 Å². The summed E-state index contributed by atoms with van der Waals surface area (Å²) in [4.78, 5) is 11.6. The molecule has 0 amide bonds. The molecule has 3 N–H and O–H groups in total. The van der Waals surface area contributed by atoms with Crippen LogP contribution in [0.25, 0.3) is 11.0 Å². The van der Waals surface area contributed by atoms with E-state index in [1.165, 1.54) is 12.8 Å². The highest BCUT2D eigenvalue weighted by atomic mass is 15.3. The zero-order valence-electron chi connectivity index (χ0n) is 12.9. The standard InChI is InChI=1S/C14H23N7/c1-9(2)21(7-10-4-5-10)8-12-17-13(19-15)11-6-16-20(3)14(11)18-12/h6,9-10H,4-5,7-8,15H2,1-3H3,(H,17,18,19). The second-order valence-electron chi connectivity index (χ2n) is 6.10. The molecule has 0 unspecified atom stereocenters. The predicted octanol–water partition coefficient (Wildman–Crippen LogP) is 1.27. The van der Waals surface area contributed by atoms with Gasteiger partial charge in [0, 0.05) is 19.6 Å². The smallest absolute Gasteiger partial charge is 0.163 e. The minimum atomic E-state index is 0.478. The maximum Gasteiger partial charge on any atom is 0.163 e. The zero-order valence-corrected chi connectivity index (χ0v) is 12.9. The van der Waals surface area contributed by atoms with E-state index < -0.39 is 0 Å². The van der Waals surface area contributed by atoms with E-state index in [9.17, 15) is 0 Å². The van der Waals surface area contributed by atoms with Crippen LogP contribution in [-0.2, 0) is 13.6 Å². The van der Waals surface area contributed by atoms with Gasteiger partial charge in [-0.1, -0.05) is 0 Å². The largest absolute Gasteiger partial charge is 0.308 e. The van der Waals surface area contributed by atoms with Crippen molar-refractivity contribution in [3.05, 3.63) is 12.0 Å². The number of nitrogen functional groups attached to an aromatic ring is 1. The van der Waals surface area contributed by atoms with Crippen LogP contribution in [0.5, 0.6) is 0 Å². The lowest BCUT2D eigenvalue weighted by Crippen LogP contribution is -2.33. The lowest BCUT2D eigenvalue weighted by Gasteiger charge is -2.25. The fraction of sp³-hybridized carbons (Fsp3) is 0.643. The number of hydrazine groups is 1. The first-order valence-electron chi connectivity index (χ1n) is 7.47. The van der Waals surface area contributed by atoms with Crippen molar-refractivity contribution >= 4 is 16.9 Å². The molecule has 0 saturated heterocycles. The molecule has 1 saturated carbocycles.